The highest BCUT2D eigenvalue weighted by Gasteiger charge is 2.35. The second-order valence-corrected chi connectivity index (χ2v) is 8.22. The van der Waals surface area contributed by atoms with E-state index in [1.54, 1.807) is 19.1 Å². The number of carbonyl (C=O) groups excluding carboxylic acids is 1. The number of rotatable bonds is 4. The van der Waals surface area contributed by atoms with Crippen LogP contribution in [0, 0.1) is 12.7 Å². The maximum Gasteiger partial charge on any atom is 0.337 e. The Morgan fingerprint density at radius 3 is 2.70 bits per heavy atom. The summed E-state index contributed by atoms with van der Waals surface area (Å²) in [5.74, 6) is -0.934. The zero-order chi connectivity index (χ0) is 19.6. The molecule has 2 aromatic carbocycles. The first-order valence-corrected chi connectivity index (χ1v) is 9.95. The molecule has 144 valence electrons. The van der Waals surface area contributed by atoms with Crippen LogP contribution in [0.1, 0.15) is 27.5 Å². The number of aryl methyl sites for hydroxylation is 1. The lowest BCUT2D eigenvalue weighted by Crippen LogP contribution is -2.48. The Bertz CT molecular complexity index is 962. The van der Waals surface area contributed by atoms with Crippen LogP contribution in [0.15, 0.2) is 47.4 Å². The van der Waals surface area contributed by atoms with E-state index in [0.29, 0.717) is 24.2 Å². The Morgan fingerprint density at radius 2 is 2.04 bits per heavy atom. The number of nitrogens with one attached hydrogen (secondary N) is 1. The van der Waals surface area contributed by atoms with Gasteiger partial charge < -0.3 is 10.1 Å². The molecule has 0 spiro atoms. The van der Waals surface area contributed by atoms with E-state index >= 15 is 0 Å². The molecule has 1 heterocycles. The van der Waals surface area contributed by atoms with Crippen LogP contribution in [0.5, 0.6) is 0 Å². The van der Waals surface area contributed by atoms with Gasteiger partial charge in [-0.3, -0.25) is 0 Å². The summed E-state index contributed by atoms with van der Waals surface area (Å²) in [6, 6.07) is 9.81. The third-order valence-electron chi connectivity index (χ3n) is 4.61. The zero-order valence-electron chi connectivity index (χ0n) is 15.1. The second-order valence-electron chi connectivity index (χ2n) is 6.36. The normalized spacial score (nSPS) is 18.3. The predicted octanol–water partition coefficient (Wildman–Crippen LogP) is 2.26. The number of ether oxygens (including phenoxy) is 1. The van der Waals surface area contributed by atoms with Crippen molar-refractivity contribution >= 4 is 16.0 Å². The van der Waals surface area contributed by atoms with Crippen molar-refractivity contribution in [3.8, 4) is 0 Å². The fraction of sp³-hybridized carbons (Fsp3) is 0.316. The second kappa shape index (κ2) is 7.75. The molecule has 1 atom stereocenters. The lowest BCUT2D eigenvalue weighted by atomic mass is 10.1. The van der Waals surface area contributed by atoms with Gasteiger partial charge in [-0.1, -0.05) is 12.1 Å². The smallest absolute Gasteiger partial charge is 0.337 e. The molecular formula is C19H21FN2O4S. The first kappa shape index (κ1) is 19.5. The van der Waals surface area contributed by atoms with Gasteiger partial charge in [0, 0.05) is 19.6 Å². The number of sulfonamides is 1. The number of nitrogens with zero attached hydrogens (tertiary/aromatic N) is 1. The molecule has 1 fully saturated rings. The van der Waals surface area contributed by atoms with Gasteiger partial charge in [-0.2, -0.15) is 4.31 Å². The summed E-state index contributed by atoms with van der Waals surface area (Å²) in [6.45, 7) is 2.80. The van der Waals surface area contributed by atoms with Crippen LogP contribution in [0.3, 0.4) is 0 Å². The molecule has 8 heteroatoms. The molecular weight excluding hydrogens is 371 g/mol. The van der Waals surface area contributed by atoms with Gasteiger partial charge in [0.15, 0.2) is 0 Å². The Morgan fingerprint density at radius 1 is 1.26 bits per heavy atom. The number of benzene rings is 2. The monoisotopic (exact) mass is 392 g/mol. The van der Waals surface area contributed by atoms with Crippen LogP contribution < -0.4 is 5.32 Å². The van der Waals surface area contributed by atoms with Crippen molar-refractivity contribution in [1.29, 1.82) is 0 Å². The molecule has 0 aromatic heterocycles. The van der Waals surface area contributed by atoms with E-state index < -0.39 is 27.9 Å². The molecule has 2 aromatic rings. The van der Waals surface area contributed by atoms with E-state index in [0.717, 1.165) is 0 Å². The van der Waals surface area contributed by atoms with Gasteiger partial charge in [0.1, 0.15) is 5.82 Å². The highest BCUT2D eigenvalue weighted by molar-refractivity contribution is 7.89. The van der Waals surface area contributed by atoms with Crippen molar-refractivity contribution in [3.05, 3.63) is 65.0 Å². The molecule has 1 aliphatic rings. The van der Waals surface area contributed by atoms with Crippen LogP contribution >= 0.6 is 0 Å². The molecule has 1 aliphatic heterocycles. The summed E-state index contributed by atoms with van der Waals surface area (Å²) < 4.78 is 46.3. The molecule has 0 aliphatic carbocycles. The molecule has 0 saturated carbocycles. The van der Waals surface area contributed by atoms with Crippen LogP contribution in [-0.2, 0) is 14.8 Å². The van der Waals surface area contributed by atoms with Gasteiger partial charge in [-0.05, 0) is 48.4 Å². The molecule has 1 saturated heterocycles. The maximum atomic E-state index is 13.7. The minimum atomic E-state index is -3.83. The van der Waals surface area contributed by atoms with Crippen molar-refractivity contribution in [2.75, 3.05) is 26.7 Å². The van der Waals surface area contributed by atoms with Crippen molar-refractivity contribution in [2.24, 2.45) is 0 Å². The third kappa shape index (κ3) is 3.87. The third-order valence-corrected chi connectivity index (χ3v) is 6.68. The number of hydrogen-bond donors (Lipinski definition) is 1. The Balaban J connectivity index is 2.00. The Kier molecular flexibility index (Phi) is 5.59. The summed E-state index contributed by atoms with van der Waals surface area (Å²) in [4.78, 5) is 11.8. The largest absolute Gasteiger partial charge is 0.465 e. The quantitative estimate of drug-likeness (QED) is 0.808. The van der Waals surface area contributed by atoms with E-state index in [-0.39, 0.29) is 17.0 Å². The average molecular weight is 392 g/mol. The molecule has 0 bridgehead atoms. The van der Waals surface area contributed by atoms with E-state index in [2.05, 4.69) is 10.1 Å². The highest BCUT2D eigenvalue weighted by Crippen LogP contribution is 2.31. The average Bonchev–Trinajstić information content (AvgIpc) is 2.67. The molecule has 6 nitrogen and oxygen atoms in total. The van der Waals surface area contributed by atoms with Crippen LogP contribution in [0.4, 0.5) is 4.39 Å². The van der Waals surface area contributed by atoms with Crippen molar-refractivity contribution < 1.29 is 22.3 Å². The minimum Gasteiger partial charge on any atom is -0.465 e. The van der Waals surface area contributed by atoms with Crippen molar-refractivity contribution in [2.45, 2.75) is 17.9 Å². The first-order chi connectivity index (χ1) is 12.8. The summed E-state index contributed by atoms with van der Waals surface area (Å²) in [5.41, 5.74) is 1.33. The number of methoxy groups -OCH3 is 1. The first-order valence-electron chi connectivity index (χ1n) is 8.51. The summed E-state index contributed by atoms with van der Waals surface area (Å²) in [6.07, 6.45) is 0. The number of esters is 1. The fourth-order valence-corrected chi connectivity index (χ4v) is 5.10. The molecule has 1 unspecified atom stereocenters. The van der Waals surface area contributed by atoms with E-state index in [1.165, 1.54) is 41.7 Å². The zero-order valence-corrected chi connectivity index (χ0v) is 15.9. The van der Waals surface area contributed by atoms with Gasteiger partial charge >= 0.3 is 5.97 Å². The molecule has 27 heavy (non-hydrogen) atoms. The lowest BCUT2D eigenvalue weighted by molar-refractivity contribution is 0.0600. The van der Waals surface area contributed by atoms with E-state index in [1.807, 2.05) is 0 Å². The number of piperazine rings is 1. The SMILES string of the molecule is COC(=O)c1ccc(S(=O)(=O)N2CCNCC2c2cccc(F)c2)c(C)c1. The minimum absolute atomic E-state index is 0.124. The standard InChI is InChI=1S/C19H21FN2O4S/c1-13-10-15(19(23)26-2)6-7-18(13)27(24,25)22-9-8-21-12-17(22)14-4-3-5-16(20)11-14/h3-7,10-11,17,21H,8-9,12H2,1-2H3. The van der Waals surface area contributed by atoms with Crippen LogP contribution in [0.25, 0.3) is 0 Å². The topological polar surface area (TPSA) is 75.7 Å². The lowest BCUT2D eigenvalue weighted by Gasteiger charge is -2.35. The summed E-state index contributed by atoms with van der Waals surface area (Å²) in [7, 11) is -2.56. The molecule has 0 amide bonds. The van der Waals surface area contributed by atoms with E-state index in [4.69, 9.17) is 0 Å². The van der Waals surface area contributed by atoms with Crippen molar-refractivity contribution in [3.63, 3.8) is 0 Å². The van der Waals surface area contributed by atoms with Crippen LogP contribution in [0.2, 0.25) is 0 Å². The number of halogens is 1. The highest BCUT2D eigenvalue weighted by atomic mass is 32.2. The number of hydrogen-bond acceptors (Lipinski definition) is 5. The maximum absolute atomic E-state index is 13.7. The fourth-order valence-electron chi connectivity index (χ4n) is 3.28. The molecule has 1 N–H and O–H groups in total. The Hall–Kier alpha value is -2.29. The summed E-state index contributed by atoms with van der Waals surface area (Å²) in [5, 5.41) is 3.16. The van der Waals surface area contributed by atoms with Crippen LogP contribution in [-0.4, -0.2) is 45.4 Å². The van der Waals surface area contributed by atoms with Gasteiger partial charge in [0.05, 0.1) is 23.6 Å². The van der Waals surface area contributed by atoms with E-state index in [9.17, 15) is 17.6 Å². The van der Waals surface area contributed by atoms with Gasteiger partial charge in [0.2, 0.25) is 10.0 Å². The van der Waals surface area contributed by atoms with Gasteiger partial charge in [-0.15, -0.1) is 0 Å². The van der Waals surface area contributed by atoms with Crippen molar-refractivity contribution in [1.82, 2.24) is 9.62 Å². The molecule has 0 radical (unpaired) electrons. The molecule has 3 rings (SSSR count). The Labute approximate surface area is 158 Å². The van der Waals surface area contributed by atoms with Gasteiger partial charge in [0.25, 0.3) is 0 Å². The number of carbonyl (C=O) groups is 1. The predicted molar refractivity (Wildman–Crippen MR) is 98.4 cm³/mol. The van der Waals surface area contributed by atoms with Gasteiger partial charge in [-0.25, -0.2) is 17.6 Å². The summed E-state index contributed by atoms with van der Waals surface area (Å²) >= 11 is 0.